The predicted octanol–water partition coefficient (Wildman–Crippen LogP) is 4.21. The number of carbonyl (C=O) groups excluding carboxylic acids is 1. The number of amides is 1. The highest BCUT2D eigenvalue weighted by Gasteiger charge is 2.24. The SMILES string of the molecule is CC[C@@H](C)N(C(=O)c1ccc(-c2cncnc2)c(OCCCOC)c1)C(C)C. The molecule has 2 rings (SSSR count). The molecule has 28 heavy (non-hydrogen) atoms. The third-order valence-corrected chi connectivity index (χ3v) is 4.71. The van der Waals surface area contributed by atoms with Gasteiger partial charge in [0.1, 0.15) is 12.1 Å². The highest BCUT2D eigenvalue weighted by molar-refractivity contribution is 5.96. The van der Waals surface area contributed by atoms with Gasteiger partial charge in [0.2, 0.25) is 0 Å². The molecule has 0 saturated heterocycles. The Hall–Kier alpha value is -2.47. The van der Waals surface area contributed by atoms with Gasteiger partial charge in [-0.05, 0) is 45.4 Å². The van der Waals surface area contributed by atoms with Gasteiger partial charge in [0.15, 0.2) is 0 Å². The van der Waals surface area contributed by atoms with Crippen LogP contribution in [0.15, 0.2) is 36.9 Å². The summed E-state index contributed by atoms with van der Waals surface area (Å²) in [6, 6.07) is 5.88. The third kappa shape index (κ3) is 5.52. The van der Waals surface area contributed by atoms with Crippen LogP contribution in [0.3, 0.4) is 0 Å². The molecule has 6 nitrogen and oxygen atoms in total. The summed E-state index contributed by atoms with van der Waals surface area (Å²) in [5.74, 6) is 0.673. The smallest absolute Gasteiger partial charge is 0.254 e. The van der Waals surface area contributed by atoms with Crippen LogP contribution < -0.4 is 4.74 Å². The van der Waals surface area contributed by atoms with Crippen molar-refractivity contribution in [3.8, 4) is 16.9 Å². The maximum absolute atomic E-state index is 13.2. The second-order valence-electron chi connectivity index (χ2n) is 7.10. The van der Waals surface area contributed by atoms with Gasteiger partial charge < -0.3 is 14.4 Å². The van der Waals surface area contributed by atoms with E-state index in [1.807, 2.05) is 36.9 Å². The van der Waals surface area contributed by atoms with Crippen molar-refractivity contribution in [3.63, 3.8) is 0 Å². The van der Waals surface area contributed by atoms with Crippen molar-refractivity contribution in [1.29, 1.82) is 0 Å². The minimum atomic E-state index is 0.0157. The van der Waals surface area contributed by atoms with Crippen molar-refractivity contribution in [2.75, 3.05) is 20.3 Å². The molecule has 0 N–H and O–H groups in total. The van der Waals surface area contributed by atoms with Crippen LogP contribution in [0.4, 0.5) is 0 Å². The molecule has 1 heterocycles. The second-order valence-corrected chi connectivity index (χ2v) is 7.10. The van der Waals surface area contributed by atoms with Crippen LogP contribution in [0.1, 0.15) is 50.9 Å². The van der Waals surface area contributed by atoms with Crippen molar-refractivity contribution < 1.29 is 14.3 Å². The summed E-state index contributed by atoms with van der Waals surface area (Å²) in [4.78, 5) is 23.3. The Morgan fingerprint density at radius 2 is 1.86 bits per heavy atom. The standard InChI is InChI=1S/C22H31N3O3/c1-6-17(4)25(16(2)3)22(26)18-8-9-20(19-13-23-15-24-14-19)21(12-18)28-11-7-10-27-5/h8-9,12-17H,6-7,10-11H2,1-5H3/t17-/m1/s1. The zero-order chi connectivity index (χ0) is 20.5. The molecule has 0 aliphatic heterocycles. The van der Waals surface area contributed by atoms with Crippen molar-refractivity contribution in [2.45, 2.75) is 52.6 Å². The average molecular weight is 386 g/mol. The molecule has 1 aromatic carbocycles. The van der Waals surface area contributed by atoms with E-state index in [4.69, 9.17) is 9.47 Å². The predicted molar refractivity (Wildman–Crippen MR) is 111 cm³/mol. The lowest BCUT2D eigenvalue weighted by molar-refractivity contribution is 0.0621. The van der Waals surface area contributed by atoms with Crippen molar-refractivity contribution in [2.24, 2.45) is 0 Å². The number of hydrogen-bond acceptors (Lipinski definition) is 5. The topological polar surface area (TPSA) is 64.6 Å². The number of hydrogen-bond donors (Lipinski definition) is 0. The molecule has 0 aliphatic carbocycles. The van der Waals surface area contributed by atoms with Crippen molar-refractivity contribution >= 4 is 5.91 Å². The Balaban J connectivity index is 2.37. The molecule has 0 bridgehead atoms. The Kier molecular flexibility index (Phi) is 8.39. The molecule has 1 aromatic heterocycles. The van der Waals surface area contributed by atoms with Gasteiger partial charge in [-0.3, -0.25) is 4.79 Å². The number of nitrogens with zero attached hydrogens (tertiary/aromatic N) is 3. The summed E-state index contributed by atoms with van der Waals surface area (Å²) in [6.45, 7) is 9.39. The number of aromatic nitrogens is 2. The second kappa shape index (κ2) is 10.8. The van der Waals surface area contributed by atoms with Crippen LogP contribution in [0.25, 0.3) is 11.1 Å². The van der Waals surface area contributed by atoms with E-state index in [0.29, 0.717) is 24.5 Å². The molecule has 0 saturated carbocycles. The number of benzene rings is 1. The van der Waals surface area contributed by atoms with Crippen molar-refractivity contribution in [3.05, 3.63) is 42.5 Å². The third-order valence-electron chi connectivity index (χ3n) is 4.71. The average Bonchev–Trinajstić information content (AvgIpc) is 2.71. The minimum Gasteiger partial charge on any atom is -0.493 e. The maximum atomic E-state index is 13.2. The van der Waals surface area contributed by atoms with Gasteiger partial charge in [-0.2, -0.15) is 0 Å². The van der Waals surface area contributed by atoms with Gasteiger partial charge >= 0.3 is 0 Å². The highest BCUT2D eigenvalue weighted by Crippen LogP contribution is 2.31. The van der Waals surface area contributed by atoms with E-state index >= 15 is 0 Å². The van der Waals surface area contributed by atoms with E-state index in [-0.39, 0.29) is 18.0 Å². The lowest BCUT2D eigenvalue weighted by atomic mass is 10.0. The minimum absolute atomic E-state index is 0.0157. The number of ether oxygens (including phenoxy) is 2. The van der Waals surface area contributed by atoms with E-state index in [1.54, 1.807) is 19.5 Å². The zero-order valence-electron chi connectivity index (χ0n) is 17.5. The van der Waals surface area contributed by atoms with Gasteiger partial charge in [0, 0.05) is 61.3 Å². The van der Waals surface area contributed by atoms with Crippen molar-refractivity contribution in [1.82, 2.24) is 14.9 Å². The molecule has 1 amide bonds. The molecule has 0 radical (unpaired) electrons. The van der Waals surface area contributed by atoms with Gasteiger partial charge in [-0.15, -0.1) is 0 Å². The van der Waals surface area contributed by atoms with Crippen LogP contribution in [0.2, 0.25) is 0 Å². The maximum Gasteiger partial charge on any atom is 0.254 e. The molecule has 2 aromatic rings. The summed E-state index contributed by atoms with van der Waals surface area (Å²) in [5.41, 5.74) is 2.34. The first kappa shape index (κ1) is 21.8. The Bertz CT molecular complexity index is 750. The number of rotatable bonds is 10. The van der Waals surface area contributed by atoms with Crippen LogP contribution in [-0.2, 0) is 4.74 Å². The molecular formula is C22H31N3O3. The largest absolute Gasteiger partial charge is 0.493 e. The summed E-state index contributed by atoms with van der Waals surface area (Å²) >= 11 is 0. The fraction of sp³-hybridized carbons (Fsp3) is 0.500. The first-order valence-corrected chi connectivity index (χ1v) is 9.83. The van der Waals surface area contributed by atoms with Crippen LogP contribution in [0, 0.1) is 0 Å². The van der Waals surface area contributed by atoms with Crippen LogP contribution >= 0.6 is 0 Å². The fourth-order valence-corrected chi connectivity index (χ4v) is 3.13. The molecule has 0 fully saturated rings. The summed E-state index contributed by atoms with van der Waals surface area (Å²) in [7, 11) is 1.67. The molecule has 152 valence electrons. The lowest BCUT2D eigenvalue weighted by Crippen LogP contribution is -2.43. The lowest BCUT2D eigenvalue weighted by Gasteiger charge is -2.32. The Labute approximate surface area is 167 Å². The first-order chi connectivity index (χ1) is 13.5. The summed E-state index contributed by atoms with van der Waals surface area (Å²) < 4.78 is 11.1. The Morgan fingerprint density at radius 3 is 2.46 bits per heavy atom. The van der Waals surface area contributed by atoms with Crippen LogP contribution in [-0.4, -0.2) is 53.2 Å². The molecule has 0 spiro atoms. The fourth-order valence-electron chi connectivity index (χ4n) is 3.13. The van der Waals surface area contributed by atoms with E-state index in [9.17, 15) is 4.79 Å². The quantitative estimate of drug-likeness (QED) is 0.573. The zero-order valence-corrected chi connectivity index (χ0v) is 17.5. The van der Waals surface area contributed by atoms with Gasteiger partial charge in [-0.1, -0.05) is 6.92 Å². The first-order valence-electron chi connectivity index (χ1n) is 9.83. The van der Waals surface area contributed by atoms with E-state index in [0.717, 1.165) is 24.0 Å². The van der Waals surface area contributed by atoms with E-state index in [1.165, 1.54) is 6.33 Å². The number of methoxy groups -OCH3 is 1. The van der Waals surface area contributed by atoms with Gasteiger partial charge in [0.25, 0.3) is 5.91 Å². The number of carbonyl (C=O) groups is 1. The molecule has 6 heteroatoms. The van der Waals surface area contributed by atoms with E-state index in [2.05, 4.69) is 23.8 Å². The highest BCUT2D eigenvalue weighted by atomic mass is 16.5. The Morgan fingerprint density at radius 1 is 1.14 bits per heavy atom. The van der Waals surface area contributed by atoms with Gasteiger partial charge in [-0.25, -0.2) is 9.97 Å². The molecule has 0 aliphatic rings. The summed E-state index contributed by atoms with van der Waals surface area (Å²) in [5, 5.41) is 0. The van der Waals surface area contributed by atoms with Crippen LogP contribution in [0.5, 0.6) is 5.75 Å². The summed E-state index contributed by atoms with van der Waals surface area (Å²) in [6.07, 6.45) is 6.65. The molecular weight excluding hydrogens is 354 g/mol. The molecule has 1 atom stereocenters. The van der Waals surface area contributed by atoms with Gasteiger partial charge in [0.05, 0.1) is 6.61 Å². The van der Waals surface area contributed by atoms with E-state index < -0.39 is 0 Å². The molecule has 0 unspecified atom stereocenters. The normalized spacial score (nSPS) is 12.1. The monoisotopic (exact) mass is 385 g/mol.